The van der Waals surface area contributed by atoms with Crippen LogP contribution in [0, 0.1) is 0 Å². The third-order valence-electron chi connectivity index (χ3n) is 2.65. The molecule has 0 radical (unpaired) electrons. The minimum absolute atomic E-state index is 0.532. The van der Waals surface area contributed by atoms with Gasteiger partial charge in [0, 0.05) is 0 Å². The Hall–Kier alpha value is -1.19. The lowest BCUT2D eigenvalue weighted by molar-refractivity contribution is -0.137. The van der Waals surface area contributed by atoms with Crippen molar-refractivity contribution in [1.82, 2.24) is 0 Å². The number of hydrogen-bond donors (Lipinski definition) is 0. The molecular weight excluding hydrogens is 241 g/mol. The molecule has 0 spiro atoms. The number of unbranched alkanes of at least 4 members (excludes halogenated alkanes) is 1. The predicted molar refractivity (Wildman–Crippen MR) is 65.8 cm³/mol. The van der Waals surface area contributed by atoms with Crippen molar-refractivity contribution in [2.75, 3.05) is 6.61 Å². The maximum absolute atomic E-state index is 12.6. The molecule has 102 valence electrons. The van der Waals surface area contributed by atoms with Gasteiger partial charge in [0.05, 0.1) is 12.2 Å². The first kappa shape index (κ1) is 14.9. The molecule has 0 bridgehead atoms. The topological polar surface area (TPSA) is 9.23 Å². The summed E-state index contributed by atoms with van der Waals surface area (Å²) in [5.74, 6) is 0.582. The summed E-state index contributed by atoms with van der Waals surface area (Å²) in [5.41, 5.74) is 0.0533. The molecule has 0 heterocycles. The zero-order valence-corrected chi connectivity index (χ0v) is 10.8. The fraction of sp³-hybridized carbons (Fsp3) is 0.571. The molecule has 0 aliphatic rings. The van der Waals surface area contributed by atoms with Crippen LogP contribution in [0.5, 0.6) is 5.75 Å². The molecule has 0 atom stereocenters. The zero-order valence-electron chi connectivity index (χ0n) is 10.8. The maximum Gasteiger partial charge on any atom is 0.416 e. The van der Waals surface area contributed by atoms with Gasteiger partial charge in [0.2, 0.25) is 0 Å². The summed E-state index contributed by atoms with van der Waals surface area (Å²) < 4.78 is 43.4. The van der Waals surface area contributed by atoms with E-state index in [4.69, 9.17) is 4.74 Å². The Balaban J connectivity index is 2.96. The summed E-state index contributed by atoms with van der Waals surface area (Å²) in [5, 5.41) is 0. The first-order chi connectivity index (χ1) is 8.49. The van der Waals surface area contributed by atoms with E-state index in [2.05, 4.69) is 0 Å². The summed E-state index contributed by atoms with van der Waals surface area (Å²) in [6.45, 7) is 4.51. The molecule has 1 rings (SSSR count). The Kier molecular flexibility index (Phi) is 5.51. The molecule has 4 heteroatoms. The highest BCUT2D eigenvalue weighted by Gasteiger charge is 2.31. The van der Waals surface area contributed by atoms with E-state index in [0.29, 0.717) is 24.3 Å². The average Bonchev–Trinajstić information content (AvgIpc) is 2.33. The molecule has 1 aromatic rings. The summed E-state index contributed by atoms with van der Waals surface area (Å²) in [7, 11) is 0. The minimum atomic E-state index is -4.29. The first-order valence-corrected chi connectivity index (χ1v) is 6.32. The van der Waals surface area contributed by atoms with Crippen molar-refractivity contribution in [1.29, 1.82) is 0 Å². The standard InChI is InChI=1S/C14H19F3O/c1-3-5-6-11-10-12(14(15,16)17)7-8-13(11)18-9-4-2/h7-8,10H,3-6,9H2,1-2H3. The third-order valence-corrected chi connectivity index (χ3v) is 2.65. The highest BCUT2D eigenvalue weighted by Crippen LogP contribution is 2.33. The van der Waals surface area contributed by atoms with Gasteiger partial charge in [-0.25, -0.2) is 0 Å². The van der Waals surface area contributed by atoms with Crippen LogP contribution in [0.3, 0.4) is 0 Å². The van der Waals surface area contributed by atoms with Crippen LogP contribution >= 0.6 is 0 Å². The van der Waals surface area contributed by atoms with Crippen LogP contribution in [0.2, 0.25) is 0 Å². The number of rotatable bonds is 6. The summed E-state index contributed by atoms with van der Waals surface area (Å²) in [6.07, 6.45) is -1.01. The number of aryl methyl sites for hydroxylation is 1. The summed E-state index contributed by atoms with van der Waals surface area (Å²) >= 11 is 0. The van der Waals surface area contributed by atoms with E-state index in [1.807, 2.05) is 13.8 Å². The van der Waals surface area contributed by atoms with E-state index >= 15 is 0 Å². The number of hydrogen-bond acceptors (Lipinski definition) is 1. The lowest BCUT2D eigenvalue weighted by atomic mass is 10.0. The molecule has 0 amide bonds. The van der Waals surface area contributed by atoms with Crippen molar-refractivity contribution >= 4 is 0 Å². The number of alkyl halides is 3. The Morgan fingerprint density at radius 1 is 1.11 bits per heavy atom. The van der Waals surface area contributed by atoms with E-state index < -0.39 is 11.7 Å². The van der Waals surface area contributed by atoms with E-state index in [9.17, 15) is 13.2 Å². The summed E-state index contributed by atoms with van der Waals surface area (Å²) in [4.78, 5) is 0. The molecule has 0 unspecified atom stereocenters. The van der Waals surface area contributed by atoms with Crippen LogP contribution < -0.4 is 4.74 Å². The molecule has 1 nitrogen and oxygen atoms in total. The largest absolute Gasteiger partial charge is 0.493 e. The maximum atomic E-state index is 12.6. The second-order valence-corrected chi connectivity index (χ2v) is 4.27. The lowest BCUT2D eigenvalue weighted by Crippen LogP contribution is -2.07. The molecule has 0 aliphatic heterocycles. The van der Waals surface area contributed by atoms with Gasteiger partial charge in [-0.15, -0.1) is 0 Å². The molecule has 0 N–H and O–H groups in total. The quantitative estimate of drug-likeness (QED) is 0.711. The Bertz CT molecular complexity index is 372. The van der Waals surface area contributed by atoms with Crippen LogP contribution in [0.4, 0.5) is 13.2 Å². The van der Waals surface area contributed by atoms with Crippen LogP contribution in [0.25, 0.3) is 0 Å². The normalized spacial score (nSPS) is 11.6. The summed E-state index contributed by atoms with van der Waals surface area (Å²) in [6, 6.07) is 3.73. The number of benzene rings is 1. The molecule has 18 heavy (non-hydrogen) atoms. The Morgan fingerprint density at radius 3 is 2.39 bits per heavy atom. The van der Waals surface area contributed by atoms with Crippen molar-refractivity contribution in [3.05, 3.63) is 29.3 Å². The first-order valence-electron chi connectivity index (χ1n) is 6.32. The van der Waals surface area contributed by atoms with E-state index in [1.54, 1.807) is 0 Å². The van der Waals surface area contributed by atoms with Crippen LogP contribution in [-0.4, -0.2) is 6.61 Å². The van der Waals surface area contributed by atoms with Gasteiger partial charge in [-0.1, -0.05) is 20.3 Å². The molecule has 1 aromatic carbocycles. The van der Waals surface area contributed by atoms with E-state index in [-0.39, 0.29) is 0 Å². The molecule has 0 saturated carbocycles. The SMILES string of the molecule is CCCCc1cc(C(F)(F)F)ccc1OCCC. The monoisotopic (exact) mass is 260 g/mol. The number of halogens is 3. The molecule has 0 saturated heterocycles. The van der Waals surface area contributed by atoms with E-state index in [1.165, 1.54) is 12.1 Å². The Labute approximate surface area is 106 Å². The van der Waals surface area contributed by atoms with Gasteiger partial charge >= 0.3 is 6.18 Å². The van der Waals surface area contributed by atoms with Crippen molar-refractivity contribution < 1.29 is 17.9 Å². The van der Waals surface area contributed by atoms with Gasteiger partial charge in [0.15, 0.2) is 0 Å². The Morgan fingerprint density at radius 2 is 1.83 bits per heavy atom. The van der Waals surface area contributed by atoms with Gasteiger partial charge in [-0.3, -0.25) is 0 Å². The van der Waals surface area contributed by atoms with Gasteiger partial charge in [-0.05, 0) is 43.0 Å². The van der Waals surface area contributed by atoms with Gasteiger partial charge in [0.25, 0.3) is 0 Å². The number of ether oxygens (including phenoxy) is 1. The van der Waals surface area contributed by atoms with Crippen LogP contribution in [0.15, 0.2) is 18.2 Å². The average molecular weight is 260 g/mol. The highest BCUT2D eigenvalue weighted by atomic mass is 19.4. The van der Waals surface area contributed by atoms with E-state index in [0.717, 1.165) is 25.3 Å². The lowest BCUT2D eigenvalue weighted by Gasteiger charge is -2.14. The second-order valence-electron chi connectivity index (χ2n) is 4.27. The molecule has 0 fully saturated rings. The van der Waals surface area contributed by atoms with Crippen molar-refractivity contribution in [3.8, 4) is 5.75 Å². The van der Waals surface area contributed by atoms with Crippen LogP contribution in [0.1, 0.15) is 44.2 Å². The van der Waals surface area contributed by atoms with Crippen molar-refractivity contribution in [2.24, 2.45) is 0 Å². The molecule has 0 aliphatic carbocycles. The van der Waals surface area contributed by atoms with Crippen LogP contribution in [-0.2, 0) is 12.6 Å². The van der Waals surface area contributed by atoms with Gasteiger partial charge < -0.3 is 4.74 Å². The van der Waals surface area contributed by atoms with Gasteiger partial charge in [-0.2, -0.15) is 13.2 Å². The fourth-order valence-corrected chi connectivity index (χ4v) is 1.67. The predicted octanol–water partition coefficient (Wildman–Crippen LogP) is 4.84. The van der Waals surface area contributed by atoms with Gasteiger partial charge in [0.1, 0.15) is 5.75 Å². The third kappa shape index (κ3) is 4.24. The second kappa shape index (κ2) is 6.66. The fourth-order valence-electron chi connectivity index (χ4n) is 1.67. The van der Waals surface area contributed by atoms with Crippen molar-refractivity contribution in [3.63, 3.8) is 0 Å². The highest BCUT2D eigenvalue weighted by molar-refractivity contribution is 5.38. The minimum Gasteiger partial charge on any atom is -0.493 e. The van der Waals surface area contributed by atoms with Crippen molar-refractivity contribution in [2.45, 2.75) is 45.7 Å². The zero-order chi connectivity index (χ0) is 13.6. The molecule has 0 aromatic heterocycles. The smallest absolute Gasteiger partial charge is 0.416 e. The molecular formula is C14H19F3O.